The molecule has 1 aromatic carbocycles. The minimum Gasteiger partial charge on any atom is -0.404 e. The van der Waals surface area contributed by atoms with Gasteiger partial charge in [0.15, 0.2) is 11.7 Å². The molecule has 0 radical (unpaired) electrons. The van der Waals surface area contributed by atoms with Gasteiger partial charge < -0.3 is 15.8 Å². The van der Waals surface area contributed by atoms with Gasteiger partial charge in [-0.2, -0.15) is 0 Å². The molecule has 0 aliphatic carbocycles. The zero-order valence-electron chi connectivity index (χ0n) is 10.3. The number of halogens is 5. The van der Waals surface area contributed by atoms with Crippen LogP contribution in [0.3, 0.4) is 0 Å². The molecule has 1 aromatic rings. The molecule has 0 aliphatic heterocycles. The van der Waals surface area contributed by atoms with E-state index >= 15 is 0 Å². The fourth-order valence-electron chi connectivity index (χ4n) is 1.22. The highest BCUT2D eigenvalue weighted by Crippen LogP contribution is 2.29. The number of hydrogen-bond donors (Lipinski definition) is 2. The van der Waals surface area contributed by atoms with Gasteiger partial charge in [-0.05, 0) is 18.6 Å². The van der Waals surface area contributed by atoms with Crippen LogP contribution in [0.1, 0.15) is 6.42 Å². The van der Waals surface area contributed by atoms with Gasteiger partial charge in [0, 0.05) is 6.54 Å². The third-order valence-corrected chi connectivity index (χ3v) is 1.95. The Morgan fingerprint density at radius 3 is 2.55 bits per heavy atom. The number of alkyl halides is 4. The van der Waals surface area contributed by atoms with Crippen LogP contribution in [-0.4, -0.2) is 25.5 Å². The van der Waals surface area contributed by atoms with Gasteiger partial charge in [0.1, 0.15) is 0 Å². The van der Waals surface area contributed by atoms with Crippen LogP contribution in [0.4, 0.5) is 23.2 Å². The highest BCUT2D eigenvalue weighted by Gasteiger charge is 2.32. The van der Waals surface area contributed by atoms with Crippen LogP contribution in [0, 0.1) is 0 Å². The topological polar surface area (TPSA) is 59.6 Å². The van der Waals surface area contributed by atoms with Gasteiger partial charge in [-0.15, -0.1) is 37.1 Å². The average molecular weight is 407 g/mol. The summed E-state index contributed by atoms with van der Waals surface area (Å²) < 4.78 is 52.1. The van der Waals surface area contributed by atoms with Crippen LogP contribution >= 0.6 is 24.0 Å². The first kappa shape index (κ1) is 18.7. The summed E-state index contributed by atoms with van der Waals surface area (Å²) in [6, 6.07) is 5.41. The van der Waals surface area contributed by atoms with Crippen molar-refractivity contribution in [2.24, 2.45) is 10.7 Å². The van der Waals surface area contributed by atoms with Gasteiger partial charge in [-0.1, -0.05) is 12.1 Å². The molecule has 3 N–H and O–H groups in total. The number of anilines is 1. The van der Waals surface area contributed by atoms with Crippen molar-refractivity contribution in [3.8, 4) is 5.75 Å². The third kappa shape index (κ3) is 7.36. The van der Waals surface area contributed by atoms with Crippen molar-refractivity contribution in [1.82, 2.24) is 0 Å². The number of ether oxygens (including phenoxy) is 1. The van der Waals surface area contributed by atoms with Gasteiger partial charge >= 0.3 is 6.36 Å². The number of aliphatic imine (C=N–C) groups is 1. The Balaban J connectivity index is 0.00000361. The van der Waals surface area contributed by atoms with Crippen molar-refractivity contribution in [2.45, 2.75) is 12.8 Å². The predicted molar refractivity (Wildman–Crippen MR) is 79.2 cm³/mol. The standard InChI is InChI=1S/C11H13F4N3O.HI/c12-6-3-7-17-10(16)18-8-4-1-2-5-9(8)19-11(13,14)15;/h1-2,4-5H,3,6-7H2,(H3,16,17,18);1H. The van der Waals surface area contributed by atoms with Crippen molar-refractivity contribution in [1.29, 1.82) is 0 Å². The van der Waals surface area contributed by atoms with Crippen LogP contribution in [0.25, 0.3) is 0 Å². The van der Waals surface area contributed by atoms with E-state index < -0.39 is 18.8 Å². The number of nitrogens with one attached hydrogen (secondary N) is 1. The molecule has 0 heterocycles. The molecule has 0 atom stereocenters. The van der Waals surface area contributed by atoms with Crippen LogP contribution in [0.2, 0.25) is 0 Å². The lowest BCUT2D eigenvalue weighted by Gasteiger charge is -2.14. The van der Waals surface area contributed by atoms with Crippen LogP contribution in [0.5, 0.6) is 5.75 Å². The second-order valence-electron chi connectivity index (χ2n) is 3.48. The van der Waals surface area contributed by atoms with E-state index in [0.717, 1.165) is 6.07 Å². The number of benzene rings is 1. The molecule has 0 spiro atoms. The molecule has 20 heavy (non-hydrogen) atoms. The van der Waals surface area contributed by atoms with Gasteiger partial charge in [-0.3, -0.25) is 9.38 Å². The zero-order chi connectivity index (χ0) is 14.3. The van der Waals surface area contributed by atoms with Crippen LogP contribution in [-0.2, 0) is 0 Å². The third-order valence-electron chi connectivity index (χ3n) is 1.95. The number of guanidine groups is 1. The fraction of sp³-hybridized carbons (Fsp3) is 0.364. The SMILES string of the molecule is I.NC(=NCCCF)Nc1ccccc1OC(F)(F)F. The van der Waals surface area contributed by atoms with E-state index in [-0.39, 0.29) is 48.6 Å². The Kier molecular flexibility index (Phi) is 8.26. The van der Waals surface area contributed by atoms with Gasteiger partial charge in [0.05, 0.1) is 12.4 Å². The second-order valence-corrected chi connectivity index (χ2v) is 3.48. The monoisotopic (exact) mass is 407 g/mol. The molecule has 0 bridgehead atoms. The van der Waals surface area contributed by atoms with Gasteiger partial charge in [-0.25, -0.2) is 0 Å². The molecule has 0 saturated heterocycles. The highest BCUT2D eigenvalue weighted by molar-refractivity contribution is 14.0. The average Bonchev–Trinajstić information content (AvgIpc) is 2.30. The minimum absolute atomic E-state index is 0. The summed E-state index contributed by atoms with van der Waals surface area (Å²) in [4.78, 5) is 3.75. The molecule has 4 nitrogen and oxygen atoms in total. The van der Waals surface area contributed by atoms with Crippen molar-refractivity contribution >= 4 is 35.6 Å². The number of nitrogens with two attached hydrogens (primary N) is 1. The number of rotatable bonds is 5. The van der Waals surface area contributed by atoms with E-state index in [1.54, 1.807) is 0 Å². The van der Waals surface area contributed by atoms with Gasteiger partial charge in [0.2, 0.25) is 0 Å². The Morgan fingerprint density at radius 1 is 1.30 bits per heavy atom. The fourth-order valence-corrected chi connectivity index (χ4v) is 1.22. The van der Waals surface area contributed by atoms with Crippen LogP contribution in [0.15, 0.2) is 29.3 Å². The maximum Gasteiger partial charge on any atom is 0.573 e. The smallest absolute Gasteiger partial charge is 0.404 e. The largest absolute Gasteiger partial charge is 0.573 e. The van der Waals surface area contributed by atoms with E-state index in [4.69, 9.17) is 5.73 Å². The van der Waals surface area contributed by atoms with E-state index in [0.29, 0.717) is 0 Å². The quantitative estimate of drug-likeness (QED) is 0.259. The first-order valence-corrected chi connectivity index (χ1v) is 5.40. The molecule has 0 unspecified atom stereocenters. The number of nitrogens with zero attached hydrogens (tertiary/aromatic N) is 1. The lowest BCUT2D eigenvalue weighted by atomic mass is 10.3. The molecule has 0 fully saturated rings. The minimum atomic E-state index is -4.79. The summed E-state index contributed by atoms with van der Waals surface area (Å²) in [5.41, 5.74) is 5.49. The first-order chi connectivity index (χ1) is 8.92. The van der Waals surface area contributed by atoms with Crippen molar-refractivity contribution < 1.29 is 22.3 Å². The van der Waals surface area contributed by atoms with E-state index in [9.17, 15) is 17.6 Å². The summed E-state index contributed by atoms with van der Waals surface area (Å²) in [5.74, 6) is -0.523. The van der Waals surface area contributed by atoms with Gasteiger partial charge in [0.25, 0.3) is 0 Å². The molecule has 0 aromatic heterocycles. The van der Waals surface area contributed by atoms with Crippen LogP contribution < -0.4 is 15.8 Å². The predicted octanol–water partition coefficient (Wildman–Crippen LogP) is 3.29. The summed E-state index contributed by atoms with van der Waals surface area (Å²) in [7, 11) is 0. The molecule has 114 valence electrons. The lowest BCUT2D eigenvalue weighted by Crippen LogP contribution is -2.24. The highest BCUT2D eigenvalue weighted by atomic mass is 127. The van der Waals surface area contributed by atoms with Crippen molar-refractivity contribution in [2.75, 3.05) is 18.5 Å². The van der Waals surface area contributed by atoms with Crippen molar-refractivity contribution in [3.05, 3.63) is 24.3 Å². The van der Waals surface area contributed by atoms with E-state index in [1.165, 1.54) is 18.2 Å². The summed E-state index contributed by atoms with van der Waals surface area (Å²) >= 11 is 0. The maximum absolute atomic E-state index is 12.2. The maximum atomic E-state index is 12.2. The Labute approximate surface area is 130 Å². The molecular weight excluding hydrogens is 393 g/mol. The zero-order valence-corrected chi connectivity index (χ0v) is 12.6. The molecular formula is C11H14F4IN3O. The first-order valence-electron chi connectivity index (χ1n) is 5.40. The van der Waals surface area contributed by atoms with E-state index in [2.05, 4.69) is 15.0 Å². The lowest BCUT2D eigenvalue weighted by molar-refractivity contribution is -0.274. The Morgan fingerprint density at radius 2 is 1.95 bits per heavy atom. The Hall–Kier alpha value is -1.26. The summed E-state index contributed by atoms with van der Waals surface area (Å²) in [6.07, 6.45) is -4.60. The molecule has 9 heteroatoms. The van der Waals surface area contributed by atoms with E-state index in [1.807, 2.05) is 0 Å². The number of para-hydroxylation sites is 2. The Bertz CT molecular complexity index is 440. The van der Waals surface area contributed by atoms with Crippen molar-refractivity contribution in [3.63, 3.8) is 0 Å². The molecule has 0 saturated carbocycles. The second kappa shape index (κ2) is 8.82. The summed E-state index contributed by atoms with van der Waals surface area (Å²) in [5, 5.41) is 2.47. The summed E-state index contributed by atoms with van der Waals surface area (Å²) in [6.45, 7) is -0.387. The normalized spacial score (nSPS) is 11.7. The molecule has 0 amide bonds. The molecule has 1 rings (SSSR count). The molecule has 0 aliphatic rings. The number of hydrogen-bond acceptors (Lipinski definition) is 2.